The largest absolute Gasteiger partial charge is 4.00 e. The van der Waals surface area contributed by atoms with E-state index in [0.717, 1.165) is 11.6 Å². The average Bonchev–Trinajstić information content (AvgIpc) is 3.05. The predicted molar refractivity (Wildman–Crippen MR) is 123 cm³/mol. The van der Waals surface area contributed by atoms with Gasteiger partial charge in [0.2, 0.25) is 0 Å². The van der Waals surface area contributed by atoms with Gasteiger partial charge in [-0.1, -0.05) is 71.9 Å². The minimum Gasteiger partial charge on any atom is -0.660 e. The molecule has 3 unspecified atom stereocenters. The van der Waals surface area contributed by atoms with Gasteiger partial charge >= 0.3 is 26.2 Å². The SMILES string of the molecule is CC(C)(C)[N-][Si](C)(C)C1CC(N2CCCC2)C2(C=CC=CC2)C1.[CH3-].[CH3-].[CH3-].[Zr+4]. The second-order valence-corrected chi connectivity index (χ2v) is 13.9. The molecule has 0 bridgehead atoms. The van der Waals surface area contributed by atoms with Gasteiger partial charge in [0, 0.05) is 11.5 Å². The van der Waals surface area contributed by atoms with E-state index in [4.69, 9.17) is 4.98 Å². The van der Waals surface area contributed by atoms with Gasteiger partial charge in [0.05, 0.1) is 0 Å². The van der Waals surface area contributed by atoms with Crippen LogP contribution in [-0.2, 0) is 26.2 Å². The van der Waals surface area contributed by atoms with E-state index in [-0.39, 0.29) is 54.0 Å². The summed E-state index contributed by atoms with van der Waals surface area (Å²) in [7, 11) is -1.57. The zero-order valence-corrected chi connectivity index (χ0v) is 22.8. The Bertz CT molecular complexity index is 489. The summed E-state index contributed by atoms with van der Waals surface area (Å²) in [5.74, 6) is 0. The Hall–Kier alpha value is 0.500. The third-order valence-corrected chi connectivity index (χ3v) is 9.86. The van der Waals surface area contributed by atoms with Gasteiger partial charge in [0.1, 0.15) is 0 Å². The molecule has 0 amide bonds. The van der Waals surface area contributed by atoms with Crippen molar-refractivity contribution in [3.63, 3.8) is 0 Å². The number of hydrogen-bond acceptors (Lipinski definition) is 1. The number of likely N-dealkylation sites (tertiary alicyclic amines) is 1. The molecule has 1 saturated carbocycles. The van der Waals surface area contributed by atoms with Crippen molar-refractivity contribution >= 4 is 8.24 Å². The van der Waals surface area contributed by atoms with Crippen LogP contribution in [0.3, 0.4) is 0 Å². The molecule has 4 heteroatoms. The van der Waals surface area contributed by atoms with E-state index in [0.29, 0.717) is 5.41 Å². The molecule has 2 fully saturated rings. The van der Waals surface area contributed by atoms with E-state index in [1.165, 1.54) is 45.2 Å². The number of hydrogen-bond donors (Lipinski definition) is 0. The van der Waals surface area contributed by atoms with Crippen LogP contribution in [0.15, 0.2) is 24.3 Å². The van der Waals surface area contributed by atoms with Crippen molar-refractivity contribution in [2.75, 3.05) is 13.1 Å². The van der Waals surface area contributed by atoms with E-state index in [1.807, 2.05) is 0 Å². The zero-order chi connectivity index (χ0) is 16.7. The third-order valence-electron chi connectivity index (χ3n) is 6.18. The Kier molecular flexibility index (Phi) is 12.1. The van der Waals surface area contributed by atoms with Crippen molar-refractivity contribution in [2.24, 2.45) is 5.41 Å². The molecule has 3 rings (SSSR count). The van der Waals surface area contributed by atoms with Gasteiger partial charge < -0.3 is 27.3 Å². The van der Waals surface area contributed by atoms with Crippen molar-refractivity contribution in [1.82, 2.24) is 4.90 Å². The Labute approximate surface area is 191 Å². The smallest absolute Gasteiger partial charge is 0.660 e. The van der Waals surface area contributed by atoms with Gasteiger partial charge in [-0.2, -0.15) is 0 Å². The summed E-state index contributed by atoms with van der Waals surface area (Å²) in [5.41, 5.74) is 1.32. The first-order valence-electron chi connectivity index (χ1n) is 9.54. The van der Waals surface area contributed by atoms with Gasteiger partial charge in [-0.25, -0.2) is 0 Å². The summed E-state index contributed by atoms with van der Waals surface area (Å²) in [6.07, 6.45) is 16.3. The molecule has 154 valence electrons. The molecule has 3 aliphatic rings. The molecule has 0 aromatic carbocycles. The Balaban J connectivity index is 0. The summed E-state index contributed by atoms with van der Waals surface area (Å²) >= 11 is 0. The summed E-state index contributed by atoms with van der Waals surface area (Å²) in [4.78, 5) is 8.15. The van der Waals surface area contributed by atoms with Crippen LogP contribution in [0.2, 0.25) is 18.6 Å². The van der Waals surface area contributed by atoms with E-state index in [2.05, 4.69) is 63.1 Å². The molecule has 0 aromatic heterocycles. The molecule has 2 aliphatic carbocycles. The summed E-state index contributed by atoms with van der Waals surface area (Å²) < 4.78 is 0. The quantitative estimate of drug-likeness (QED) is 0.328. The molecular weight excluding hydrogens is 424 g/mol. The standard InChI is InChI=1S/C20H35N2Si.3CH3.Zr/c1-19(2,3)21-23(4,5)17-15-18(22-13-9-10-14-22)20(16-17)11-7-6-8-12-20;;;;/h6-8,11,17-18H,9-10,12-16H2,1-5H3;3*1H3;/q4*-1;+4. The van der Waals surface area contributed by atoms with E-state index >= 15 is 0 Å². The Morgan fingerprint density at radius 2 is 1.63 bits per heavy atom. The predicted octanol–water partition coefficient (Wildman–Crippen LogP) is 6.84. The van der Waals surface area contributed by atoms with E-state index in [1.54, 1.807) is 0 Å². The first-order valence-corrected chi connectivity index (χ1v) is 12.6. The molecular formula is C23H44N2SiZr. The van der Waals surface area contributed by atoms with Crippen LogP contribution >= 0.6 is 0 Å². The van der Waals surface area contributed by atoms with Gasteiger partial charge in [-0.05, 0) is 45.2 Å². The molecule has 27 heavy (non-hydrogen) atoms. The maximum Gasteiger partial charge on any atom is 4.00 e. The van der Waals surface area contributed by atoms with Crippen LogP contribution in [0.4, 0.5) is 0 Å². The van der Waals surface area contributed by atoms with Crippen molar-refractivity contribution < 1.29 is 26.2 Å². The molecule has 0 radical (unpaired) electrons. The minimum atomic E-state index is -1.57. The Morgan fingerprint density at radius 1 is 1.04 bits per heavy atom. The van der Waals surface area contributed by atoms with Gasteiger partial charge in [0.25, 0.3) is 0 Å². The normalized spacial score (nSPS) is 30.3. The summed E-state index contributed by atoms with van der Waals surface area (Å²) in [5, 5.41) is 0. The van der Waals surface area contributed by atoms with Crippen molar-refractivity contribution in [2.45, 2.75) is 83.1 Å². The molecule has 1 spiro atoms. The van der Waals surface area contributed by atoms with Crippen LogP contribution in [0.25, 0.3) is 4.98 Å². The molecule has 0 N–H and O–H groups in total. The molecule has 0 aromatic rings. The average molecular weight is 468 g/mol. The van der Waals surface area contributed by atoms with Crippen molar-refractivity contribution in [3.8, 4) is 0 Å². The third kappa shape index (κ3) is 6.76. The van der Waals surface area contributed by atoms with Gasteiger partial charge in [0.15, 0.2) is 0 Å². The summed E-state index contributed by atoms with van der Waals surface area (Å²) in [6, 6.07) is 0.748. The fraction of sp³-hybridized carbons (Fsp3) is 0.696. The number of allylic oxidation sites excluding steroid dienone is 3. The fourth-order valence-corrected chi connectivity index (χ4v) is 8.91. The first-order chi connectivity index (χ1) is 10.7. The van der Waals surface area contributed by atoms with Crippen LogP contribution < -0.4 is 0 Å². The first kappa shape index (κ1) is 29.7. The van der Waals surface area contributed by atoms with Crippen molar-refractivity contribution in [3.05, 3.63) is 51.6 Å². The maximum atomic E-state index is 5.34. The molecule has 1 saturated heterocycles. The monoisotopic (exact) mass is 466 g/mol. The Morgan fingerprint density at radius 3 is 2.11 bits per heavy atom. The van der Waals surface area contributed by atoms with Crippen LogP contribution in [-0.4, -0.2) is 37.8 Å². The molecule has 1 aliphatic heterocycles. The second kappa shape index (κ2) is 11.0. The number of nitrogens with zero attached hydrogens (tertiary/aromatic N) is 2. The van der Waals surface area contributed by atoms with Crippen LogP contribution in [0.5, 0.6) is 0 Å². The van der Waals surface area contributed by atoms with Gasteiger partial charge in [-0.15, -0.1) is 5.54 Å². The minimum absolute atomic E-state index is 0. The zero-order valence-electron chi connectivity index (χ0n) is 19.3. The molecule has 2 nitrogen and oxygen atoms in total. The van der Waals surface area contributed by atoms with E-state index in [9.17, 15) is 0 Å². The summed E-state index contributed by atoms with van der Waals surface area (Å²) in [6.45, 7) is 14.5. The second-order valence-electron chi connectivity index (χ2n) is 9.56. The van der Waals surface area contributed by atoms with Crippen molar-refractivity contribution in [1.29, 1.82) is 0 Å². The topological polar surface area (TPSA) is 17.3 Å². The number of rotatable bonds is 3. The van der Waals surface area contributed by atoms with E-state index < -0.39 is 8.24 Å². The molecule has 3 atom stereocenters. The fourth-order valence-electron chi connectivity index (χ4n) is 5.32. The van der Waals surface area contributed by atoms with Gasteiger partial charge in [-0.3, -0.25) is 4.90 Å². The van der Waals surface area contributed by atoms with Crippen LogP contribution in [0, 0.1) is 27.7 Å². The molecule has 1 heterocycles. The maximum absolute atomic E-state index is 5.34. The van der Waals surface area contributed by atoms with Crippen LogP contribution in [0.1, 0.15) is 52.9 Å².